The number of aromatic nitrogens is 2. The highest BCUT2D eigenvalue weighted by Gasteiger charge is 2.20. The Labute approximate surface area is 161 Å². The van der Waals surface area contributed by atoms with Gasteiger partial charge in [0.05, 0.1) is 10.1 Å². The summed E-state index contributed by atoms with van der Waals surface area (Å²) in [6.07, 6.45) is 3.32. The van der Waals surface area contributed by atoms with Crippen LogP contribution in [0.5, 0.6) is 0 Å². The Morgan fingerprint density at radius 2 is 1.62 bits per heavy atom. The summed E-state index contributed by atoms with van der Waals surface area (Å²) in [5.41, 5.74) is 0.990. The number of rotatable bonds is 7. The van der Waals surface area contributed by atoms with Crippen molar-refractivity contribution in [3.05, 3.63) is 83.6 Å². The quantitative estimate of drug-likeness (QED) is 0.476. The van der Waals surface area contributed by atoms with Crippen LogP contribution in [0.1, 0.15) is 10.8 Å². The van der Waals surface area contributed by atoms with E-state index in [0.717, 1.165) is 5.56 Å². The molecule has 0 radical (unpaired) electrons. The van der Waals surface area contributed by atoms with E-state index in [9.17, 15) is 8.42 Å². The first kappa shape index (κ1) is 18.8. The molecule has 0 fully saturated rings. The average Bonchev–Trinajstić information content (AvgIpc) is 2.67. The summed E-state index contributed by atoms with van der Waals surface area (Å²) < 4.78 is 27.7. The van der Waals surface area contributed by atoms with Crippen LogP contribution in [-0.4, -0.2) is 24.9 Å². The zero-order valence-corrected chi connectivity index (χ0v) is 16.0. The van der Waals surface area contributed by atoms with Gasteiger partial charge in [-0.2, -0.15) is 0 Å². The fourth-order valence-electron chi connectivity index (χ4n) is 2.25. The number of nitrogens with one attached hydrogen (secondary N) is 1. The first-order valence-electron chi connectivity index (χ1n) is 7.78. The lowest BCUT2D eigenvalue weighted by Gasteiger charge is -2.17. The van der Waals surface area contributed by atoms with Crippen LogP contribution >= 0.6 is 23.4 Å². The molecule has 1 atom stereocenters. The third-order valence-electron chi connectivity index (χ3n) is 3.54. The van der Waals surface area contributed by atoms with Gasteiger partial charge in [0.2, 0.25) is 10.0 Å². The van der Waals surface area contributed by atoms with Crippen molar-refractivity contribution in [1.29, 1.82) is 0 Å². The average molecular weight is 406 g/mol. The minimum atomic E-state index is -3.64. The molecule has 1 unspecified atom stereocenters. The standard InChI is InChI=1S/C18H16ClN3O2S2/c19-15-7-9-16(10-8-15)26(23,24)22-13-17(14-5-2-1-3-6-14)25-18-20-11-4-12-21-18/h1-12,17,22H,13H2. The zero-order chi connectivity index (χ0) is 18.4. The van der Waals surface area contributed by atoms with Crippen molar-refractivity contribution in [3.8, 4) is 0 Å². The Kier molecular flexibility index (Phi) is 6.26. The number of hydrogen-bond donors (Lipinski definition) is 1. The Hall–Kier alpha value is -1.93. The molecular formula is C18H16ClN3O2S2. The second-order valence-corrected chi connectivity index (χ2v) is 8.73. The van der Waals surface area contributed by atoms with Crippen LogP contribution in [0.25, 0.3) is 0 Å². The van der Waals surface area contributed by atoms with E-state index in [1.54, 1.807) is 30.6 Å². The van der Waals surface area contributed by atoms with Crippen molar-refractivity contribution in [2.45, 2.75) is 15.3 Å². The summed E-state index contributed by atoms with van der Waals surface area (Å²) >= 11 is 7.24. The minimum absolute atomic E-state index is 0.166. The number of benzene rings is 2. The Morgan fingerprint density at radius 3 is 2.27 bits per heavy atom. The third kappa shape index (κ3) is 5.04. The first-order valence-corrected chi connectivity index (χ1v) is 10.5. The van der Waals surface area contributed by atoms with E-state index in [2.05, 4.69) is 14.7 Å². The highest BCUT2D eigenvalue weighted by molar-refractivity contribution is 7.99. The molecule has 0 aliphatic carbocycles. The fourth-order valence-corrected chi connectivity index (χ4v) is 4.49. The zero-order valence-electron chi connectivity index (χ0n) is 13.6. The molecule has 0 aliphatic heterocycles. The lowest BCUT2D eigenvalue weighted by atomic mass is 10.1. The topological polar surface area (TPSA) is 72.0 Å². The molecule has 1 N–H and O–H groups in total. The lowest BCUT2D eigenvalue weighted by molar-refractivity contribution is 0.581. The highest BCUT2D eigenvalue weighted by Crippen LogP contribution is 2.32. The van der Waals surface area contributed by atoms with E-state index in [0.29, 0.717) is 10.2 Å². The van der Waals surface area contributed by atoms with Gasteiger partial charge in [-0.3, -0.25) is 0 Å². The van der Waals surface area contributed by atoms with Crippen LogP contribution in [0.3, 0.4) is 0 Å². The lowest BCUT2D eigenvalue weighted by Crippen LogP contribution is -2.27. The van der Waals surface area contributed by atoms with Crippen molar-refractivity contribution < 1.29 is 8.42 Å². The van der Waals surface area contributed by atoms with Crippen LogP contribution in [0.15, 0.2) is 83.1 Å². The smallest absolute Gasteiger partial charge is 0.231 e. The van der Waals surface area contributed by atoms with Crippen LogP contribution < -0.4 is 4.72 Å². The number of halogens is 1. The summed E-state index contributed by atoms with van der Waals surface area (Å²) in [4.78, 5) is 8.61. The molecule has 0 amide bonds. The summed E-state index contributed by atoms with van der Waals surface area (Å²) in [7, 11) is -3.64. The van der Waals surface area contributed by atoms with Gasteiger partial charge in [0.25, 0.3) is 0 Å². The molecule has 3 aromatic rings. The molecule has 1 heterocycles. The summed E-state index contributed by atoms with van der Waals surface area (Å²) in [6.45, 7) is 0.206. The maximum atomic E-state index is 12.5. The molecule has 0 bridgehead atoms. The van der Waals surface area contributed by atoms with Crippen molar-refractivity contribution >= 4 is 33.4 Å². The molecule has 3 rings (SSSR count). The SMILES string of the molecule is O=S(=O)(NCC(Sc1ncccn1)c1ccccc1)c1ccc(Cl)cc1. The molecule has 5 nitrogen and oxygen atoms in total. The van der Waals surface area contributed by atoms with E-state index < -0.39 is 10.0 Å². The summed E-state index contributed by atoms with van der Waals surface area (Å²) in [5.74, 6) is 0. The third-order valence-corrected chi connectivity index (χ3v) is 6.38. The van der Waals surface area contributed by atoms with Gasteiger partial charge in [-0.05, 0) is 35.9 Å². The maximum absolute atomic E-state index is 12.5. The molecule has 2 aromatic carbocycles. The Bertz CT molecular complexity index is 937. The molecule has 1 aromatic heterocycles. The molecule has 0 aliphatic rings. The van der Waals surface area contributed by atoms with Gasteiger partial charge in [0, 0.05) is 24.0 Å². The second-order valence-electron chi connectivity index (χ2n) is 5.35. The molecule has 26 heavy (non-hydrogen) atoms. The van der Waals surface area contributed by atoms with Gasteiger partial charge >= 0.3 is 0 Å². The van der Waals surface area contributed by atoms with Gasteiger partial charge in [0.15, 0.2) is 5.16 Å². The first-order chi connectivity index (χ1) is 12.5. The van der Waals surface area contributed by atoms with Gasteiger partial charge in [-0.25, -0.2) is 23.1 Å². The van der Waals surface area contributed by atoms with E-state index in [1.165, 1.54) is 23.9 Å². The van der Waals surface area contributed by atoms with E-state index in [-0.39, 0.29) is 16.7 Å². The number of sulfonamides is 1. The van der Waals surface area contributed by atoms with E-state index >= 15 is 0 Å². The van der Waals surface area contributed by atoms with E-state index in [4.69, 9.17) is 11.6 Å². The molecule has 134 valence electrons. The van der Waals surface area contributed by atoms with Gasteiger partial charge in [0.1, 0.15) is 0 Å². The predicted molar refractivity (Wildman–Crippen MR) is 104 cm³/mol. The number of hydrogen-bond acceptors (Lipinski definition) is 5. The molecule has 8 heteroatoms. The Balaban J connectivity index is 1.78. The van der Waals surface area contributed by atoms with Crippen LogP contribution in [0, 0.1) is 0 Å². The van der Waals surface area contributed by atoms with Crippen molar-refractivity contribution in [3.63, 3.8) is 0 Å². The monoisotopic (exact) mass is 405 g/mol. The molecule has 0 spiro atoms. The number of nitrogens with zero attached hydrogens (tertiary/aromatic N) is 2. The van der Waals surface area contributed by atoms with Gasteiger partial charge in [-0.1, -0.05) is 53.7 Å². The van der Waals surface area contributed by atoms with Crippen molar-refractivity contribution in [1.82, 2.24) is 14.7 Å². The maximum Gasteiger partial charge on any atom is 0.240 e. The number of thioether (sulfide) groups is 1. The summed E-state index contributed by atoms with van der Waals surface area (Å²) in [5, 5.41) is 0.913. The van der Waals surface area contributed by atoms with Gasteiger partial charge in [-0.15, -0.1) is 0 Å². The molecule has 0 saturated carbocycles. The molecular weight excluding hydrogens is 390 g/mol. The normalized spacial score (nSPS) is 12.7. The summed E-state index contributed by atoms with van der Waals surface area (Å²) in [6, 6.07) is 17.5. The van der Waals surface area contributed by atoms with E-state index in [1.807, 2.05) is 30.3 Å². The van der Waals surface area contributed by atoms with Crippen molar-refractivity contribution in [2.75, 3.05) is 6.54 Å². The van der Waals surface area contributed by atoms with Crippen LogP contribution in [0.2, 0.25) is 5.02 Å². The minimum Gasteiger partial charge on any atom is -0.231 e. The molecule has 0 saturated heterocycles. The van der Waals surface area contributed by atoms with Crippen LogP contribution in [0.4, 0.5) is 0 Å². The predicted octanol–water partition coefficient (Wildman–Crippen LogP) is 3.94. The Morgan fingerprint density at radius 1 is 0.962 bits per heavy atom. The van der Waals surface area contributed by atoms with Crippen molar-refractivity contribution in [2.24, 2.45) is 0 Å². The highest BCUT2D eigenvalue weighted by atomic mass is 35.5. The van der Waals surface area contributed by atoms with Crippen LogP contribution in [-0.2, 0) is 10.0 Å². The largest absolute Gasteiger partial charge is 0.240 e. The second kappa shape index (κ2) is 8.64. The van der Waals surface area contributed by atoms with Gasteiger partial charge < -0.3 is 0 Å². The fraction of sp³-hybridized carbons (Fsp3) is 0.111.